The van der Waals surface area contributed by atoms with E-state index in [1.165, 1.54) is 7.11 Å². The van der Waals surface area contributed by atoms with Gasteiger partial charge in [0.25, 0.3) is 7.52 Å². The molecule has 2 saturated heterocycles. The molecule has 3 aliphatic rings. The number of anilines is 1. The highest BCUT2D eigenvalue weighted by Crippen LogP contribution is 2.60. The molecule has 0 spiro atoms. The van der Waals surface area contributed by atoms with Crippen molar-refractivity contribution >= 4 is 40.8 Å². The summed E-state index contributed by atoms with van der Waals surface area (Å²) in [5.41, 5.74) is 2.81. The third-order valence-electron chi connectivity index (χ3n) is 7.63. The summed E-state index contributed by atoms with van der Waals surface area (Å²) in [4.78, 5) is 22.2. The number of pyridine rings is 1. The lowest BCUT2D eigenvalue weighted by Crippen LogP contribution is -2.44. The summed E-state index contributed by atoms with van der Waals surface area (Å²) in [5, 5.41) is 3.54. The standard InChI is InChI=1S/C28H36BrN4O6P/c1-19(17-25(34)36-2)26-28(39-40(35,21-8-13-37-14-9-21)33-11-15-38-16-12-33)31-23-7-6-20(29)18-22(23)27(32-26)24-5-3-4-10-30-24/h3-7,10,18-19,21,26,28,31H,8-9,11-17H2,1-2H3/t19?,26-,28?,40?/m0/s1. The molecule has 0 aliphatic carbocycles. The molecule has 4 heterocycles. The van der Waals surface area contributed by atoms with Crippen molar-refractivity contribution in [1.82, 2.24) is 9.65 Å². The van der Waals surface area contributed by atoms with Crippen molar-refractivity contribution in [2.75, 3.05) is 51.9 Å². The molecule has 12 heteroatoms. The second-order valence-corrected chi connectivity index (χ2v) is 13.8. The molecule has 0 radical (unpaired) electrons. The molecule has 0 bridgehead atoms. The van der Waals surface area contributed by atoms with Crippen LogP contribution in [0.4, 0.5) is 5.69 Å². The van der Waals surface area contributed by atoms with Gasteiger partial charge in [0.1, 0.15) is 0 Å². The zero-order valence-electron chi connectivity index (χ0n) is 22.8. The molecule has 0 saturated carbocycles. The molecule has 5 rings (SSSR count). The van der Waals surface area contributed by atoms with Crippen molar-refractivity contribution in [3.63, 3.8) is 0 Å². The maximum Gasteiger partial charge on any atom is 0.305 e. The van der Waals surface area contributed by atoms with Gasteiger partial charge in [-0.25, -0.2) is 4.67 Å². The summed E-state index contributed by atoms with van der Waals surface area (Å²) >= 11 is 3.60. The zero-order valence-corrected chi connectivity index (χ0v) is 25.3. The summed E-state index contributed by atoms with van der Waals surface area (Å²) < 4.78 is 40.9. The number of nitrogens with one attached hydrogen (secondary N) is 1. The van der Waals surface area contributed by atoms with Gasteiger partial charge >= 0.3 is 5.97 Å². The lowest BCUT2D eigenvalue weighted by Gasteiger charge is -2.42. The van der Waals surface area contributed by atoms with Gasteiger partial charge in [-0.05, 0) is 49.1 Å². The van der Waals surface area contributed by atoms with Crippen molar-refractivity contribution < 1.29 is 28.1 Å². The highest BCUT2D eigenvalue weighted by Gasteiger charge is 2.46. The molecule has 2 fully saturated rings. The Labute approximate surface area is 243 Å². The SMILES string of the molecule is COC(=O)CC(C)[C@@H]1N=C(c2ccccn2)c2cc(Br)ccc2NC1OP(=O)(C1CCOCC1)N1CCOCC1. The first-order valence-electron chi connectivity index (χ1n) is 13.7. The fourth-order valence-electron chi connectivity index (χ4n) is 5.44. The number of benzene rings is 1. The van der Waals surface area contributed by atoms with Crippen LogP contribution in [0.2, 0.25) is 0 Å². The monoisotopic (exact) mass is 634 g/mol. The summed E-state index contributed by atoms with van der Waals surface area (Å²) in [6, 6.07) is 11.0. The Bertz CT molecular complexity index is 1230. The first-order chi connectivity index (χ1) is 19.4. The van der Waals surface area contributed by atoms with Crippen molar-refractivity contribution in [3.8, 4) is 0 Å². The minimum Gasteiger partial charge on any atom is -0.469 e. The van der Waals surface area contributed by atoms with Crippen LogP contribution in [0.25, 0.3) is 0 Å². The van der Waals surface area contributed by atoms with Crippen LogP contribution in [0.3, 0.4) is 0 Å². The third-order valence-corrected chi connectivity index (χ3v) is 11.3. The molecule has 4 atom stereocenters. The molecule has 3 unspecified atom stereocenters. The van der Waals surface area contributed by atoms with Crippen LogP contribution < -0.4 is 5.32 Å². The fraction of sp³-hybridized carbons (Fsp3) is 0.536. The van der Waals surface area contributed by atoms with Crippen LogP contribution in [0, 0.1) is 5.92 Å². The summed E-state index contributed by atoms with van der Waals surface area (Å²) in [6.45, 7) is 5.07. The zero-order chi connectivity index (χ0) is 28.1. The second kappa shape index (κ2) is 13.2. The third kappa shape index (κ3) is 6.50. The number of esters is 1. The fourth-order valence-corrected chi connectivity index (χ4v) is 8.66. The van der Waals surface area contributed by atoms with E-state index in [-0.39, 0.29) is 24.0 Å². The minimum absolute atomic E-state index is 0.126. The Morgan fingerprint density at radius 3 is 2.62 bits per heavy atom. The van der Waals surface area contributed by atoms with Gasteiger partial charge in [0.05, 0.1) is 49.9 Å². The predicted octanol–water partition coefficient (Wildman–Crippen LogP) is 4.72. The number of fused-ring (bicyclic) bond motifs is 1. The first-order valence-corrected chi connectivity index (χ1v) is 16.1. The summed E-state index contributed by atoms with van der Waals surface area (Å²) in [7, 11) is -2.01. The van der Waals surface area contributed by atoms with Gasteiger partial charge in [-0.15, -0.1) is 0 Å². The number of carbonyl (C=O) groups is 1. The number of benzodiazepines with no additional fused rings is 1. The summed E-state index contributed by atoms with van der Waals surface area (Å²) in [6.07, 6.45) is 2.37. The van der Waals surface area contributed by atoms with E-state index in [9.17, 15) is 4.79 Å². The highest BCUT2D eigenvalue weighted by atomic mass is 79.9. The molecule has 1 aromatic carbocycles. The average molecular weight is 635 g/mol. The Morgan fingerprint density at radius 1 is 1.18 bits per heavy atom. The van der Waals surface area contributed by atoms with Crippen LogP contribution in [-0.4, -0.2) is 85.9 Å². The van der Waals surface area contributed by atoms with E-state index in [1.54, 1.807) is 6.20 Å². The van der Waals surface area contributed by atoms with E-state index in [0.717, 1.165) is 15.7 Å². The van der Waals surface area contributed by atoms with E-state index in [0.29, 0.717) is 63.8 Å². The minimum atomic E-state index is -3.39. The Kier molecular flexibility index (Phi) is 9.71. The van der Waals surface area contributed by atoms with Gasteiger partial charge in [0.2, 0.25) is 0 Å². The maximum absolute atomic E-state index is 15.1. The van der Waals surface area contributed by atoms with Gasteiger partial charge in [-0.3, -0.25) is 23.9 Å². The molecule has 1 N–H and O–H groups in total. The van der Waals surface area contributed by atoms with E-state index in [2.05, 4.69) is 26.2 Å². The number of rotatable bonds is 8. The first kappa shape index (κ1) is 29.4. The van der Waals surface area contributed by atoms with E-state index in [1.807, 2.05) is 48.0 Å². The molecule has 3 aliphatic heterocycles. The number of methoxy groups -OCH3 is 1. The van der Waals surface area contributed by atoms with Gasteiger partial charge in [0.15, 0.2) is 6.23 Å². The number of nitrogens with zero attached hydrogens (tertiary/aromatic N) is 3. The Hall–Kier alpha value is -2.14. The maximum atomic E-state index is 15.1. The van der Waals surface area contributed by atoms with Gasteiger partial charge in [-0.2, -0.15) is 0 Å². The van der Waals surface area contributed by atoms with Crippen molar-refractivity contribution in [2.45, 2.75) is 44.1 Å². The largest absolute Gasteiger partial charge is 0.469 e. The lowest BCUT2D eigenvalue weighted by molar-refractivity contribution is -0.141. The molecular formula is C28H36BrN4O6P. The van der Waals surface area contributed by atoms with E-state index < -0.39 is 19.8 Å². The number of hydrogen-bond donors (Lipinski definition) is 1. The van der Waals surface area contributed by atoms with Gasteiger partial charge in [0, 0.05) is 48.2 Å². The van der Waals surface area contributed by atoms with Gasteiger partial charge < -0.3 is 19.5 Å². The quantitative estimate of drug-likeness (QED) is 0.326. The second-order valence-electron chi connectivity index (χ2n) is 10.3. The van der Waals surface area contributed by atoms with Crippen LogP contribution in [-0.2, 0) is 28.1 Å². The number of carbonyl (C=O) groups excluding carboxylic acids is 1. The normalized spacial score (nSPS) is 24.5. The molecule has 10 nitrogen and oxygen atoms in total. The smallest absolute Gasteiger partial charge is 0.305 e. The summed E-state index contributed by atoms with van der Waals surface area (Å²) in [5.74, 6) is -0.639. The van der Waals surface area contributed by atoms with Crippen LogP contribution in [0.15, 0.2) is 52.1 Å². The molecule has 2 aromatic rings. The Balaban J connectivity index is 1.61. The molecule has 0 amide bonds. The topological polar surface area (TPSA) is 112 Å². The van der Waals surface area contributed by atoms with Gasteiger partial charge in [-0.1, -0.05) is 28.9 Å². The van der Waals surface area contributed by atoms with Crippen molar-refractivity contribution in [2.24, 2.45) is 10.9 Å². The molecular weight excluding hydrogens is 599 g/mol. The van der Waals surface area contributed by atoms with Crippen molar-refractivity contribution in [1.29, 1.82) is 0 Å². The number of hydrogen-bond acceptors (Lipinski definition) is 9. The molecule has 1 aromatic heterocycles. The number of aliphatic imine (C=N–C) groups is 1. The highest BCUT2D eigenvalue weighted by molar-refractivity contribution is 9.10. The van der Waals surface area contributed by atoms with Crippen LogP contribution >= 0.6 is 23.4 Å². The number of aromatic nitrogens is 1. The number of morpholine rings is 1. The molecule has 216 valence electrons. The molecule has 40 heavy (non-hydrogen) atoms. The van der Waals surface area contributed by atoms with Crippen molar-refractivity contribution in [3.05, 3.63) is 58.3 Å². The lowest BCUT2D eigenvalue weighted by atomic mass is 9.97. The Morgan fingerprint density at radius 2 is 1.93 bits per heavy atom. The van der Waals surface area contributed by atoms with E-state index in [4.69, 9.17) is 23.7 Å². The van der Waals surface area contributed by atoms with Crippen LogP contribution in [0.5, 0.6) is 0 Å². The predicted molar refractivity (Wildman–Crippen MR) is 156 cm³/mol. The average Bonchev–Trinajstić information content (AvgIpc) is 3.14. The van der Waals surface area contributed by atoms with E-state index >= 15 is 4.57 Å². The number of ether oxygens (including phenoxy) is 3. The number of halogens is 1. The van der Waals surface area contributed by atoms with Crippen LogP contribution in [0.1, 0.15) is 37.4 Å².